The number of esters is 1. The molecule has 0 unspecified atom stereocenters. The van der Waals surface area contributed by atoms with Gasteiger partial charge in [-0.3, -0.25) is 18.7 Å². The number of methoxy groups -OCH3 is 2. The van der Waals surface area contributed by atoms with Gasteiger partial charge in [0.1, 0.15) is 6.54 Å². The van der Waals surface area contributed by atoms with Crippen LogP contribution >= 0.6 is 0 Å². The van der Waals surface area contributed by atoms with Crippen LogP contribution in [0.15, 0.2) is 58.1 Å². The van der Waals surface area contributed by atoms with Crippen LogP contribution in [-0.4, -0.2) is 41.8 Å². The number of benzene rings is 2. The molecule has 162 valence electrons. The number of rotatable bonds is 8. The Balaban J connectivity index is 1.98. The second kappa shape index (κ2) is 9.86. The summed E-state index contributed by atoms with van der Waals surface area (Å²) in [5.41, 5.74) is -0.178. The van der Waals surface area contributed by atoms with E-state index in [-0.39, 0.29) is 24.3 Å². The highest BCUT2D eigenvalue weighted by atomic mass is 16.5. The molecule has 0 spiro atoms. The molecule has 9 heteroatoms. The molecule has 0 saturated heterocycles. The Labute approximate surface area is 177 Å². The van der Waals surface area contributed by atoms with Gasteiger partial charge in [0.2, 0.25) is 5.91 Å². The van der Waals surface area contributed by atoms with Crippen LogP contribution < -0.4 is 16.6 Å². The van der Waals surface area contributed by atoms with Gasteiger partial charge in [-0.05, 0) is 30.7 Å². The number of nitrogens with one attached hydrogen (secondary N) is 1. The molecule has 0 aliphatic carbocycles. The molecule has 0 radical (unpaired) electrons. The van der Waals surface area contributed by atoms with Gasteiger partial charge in [-0.1, -0.05) is 24.3 Å². The maximum atomic E-state index is 13.0. The molecule has 1 aromatic heterocycles. The predicted octanol–water partition coefficient (Wildman–Crippen LogP) is 1.63. The van der Waals surface area contributed by atoms with Gasteiger partial charge in [0.25, 0.3) is 5.56 Å². The zero-order chi connectivity index (χ0) is 22.4. The maximum absolute atomic E-state index is 13.0. The number of hydrogen-bond donors (Lipinski definition) is 1. The average Bonchev–Trinajstić information content (AvgIpc) is 2.79. The molecule has 0 bridgehead atoms. The SMILES string of the molecule is COCCCn1c(=O)c2ccccc2n(CC(=O)Nc2ccccc2C(=O)OC)c1=O. The van der Waals surface area contributed by atoms with Crippen molar-refractivity contribution in [2.45, 2.75) is 19.5 Å². The van der Waals surface area contributed by atoms with Crippen LogP contribution in [-0.2, 0) is 27.4 Å². The second-order valence-corrected chi connectivity index (χ2v) is 6.77. The summed E-state index contributed by atoms with van der Waals surface area (Å²) in [6, 6.07) is 13.0. The molecular weight excluding hydrogens is 402 g/mol. The number of carbonyl (C=O) groups excluding carboxylic acids is 2. The summed E-state index contributed by atoms with van der Waals surface area (Å²) in [4.78, 5) is 50.5. The van der Waals surface area contributed by atoms with Gasteiger partial charge in [0.15, 0.2) is 0 Å². The van der Waals surface area contributed by atoms with Crippen molar-refractivity contribution >= 4 is 28.5 Å². The van der Waals surface area contributed by atoms with Gasteiger partial charge in [-0.25, -0.2) is 9.59 Å². The molecule has 0 aliphatic rings. The zero-order valence-electron chi connectivity index (χ0n) is 17.3. The molecule has 0 aliphatic heterocycles. The van der Waals surface area contributed by atoms with Crippen LogP contribution in [0.1, 0.15) is 16.8 Å². The van der Waals surface area contributed by atoms with Crippen LogP contribution in [0.4, 0.5) is 5.69 Å². The molecule has 9 nitrogen and oxygen atoms in total. The lowest BCUT2D eigenvalue weighted by Gasteiger charge is -2.15. The highest BCUT2D eigenvalue weighted by molar-refractivity contribution is 6.01. The quantitative estimate of drug-likeness (QED) is 0.434. The largest absolute Gasteiger partial charge is 0.465 e. The van der Waals surface area contributed by atoms with Gasteiger partial charge in [0, 0.05) is 20.3 Å². The highest BCUT2D eigenvalue weighted by Gasteiger charge is 2.17. The van der Waals surface area contributed by atoms with E-state index >= 15 is 0 Å². The van der Waals surface area contributed by atoms with Gasteiger partial charge in [-0.2, -0.15) is 0 Å². The third-order valence-electron chi connectivity index (χ3n) is 4.77. The highest BCUT2D eigenvalue weighted by Crippen LogP contribution is 2.16. The molecule has 0 fully saturated rings. The molecular formula is C22H23N3O6. The Kier molecular flexibility index (Phi) is 6.99. The molecule has 3 aromatic rings. The first-order chi connectivity index (χ1) is 15.0. The first-order valence-corrected chi connectivity index (χ1v) is 9.66. The first-order valence-electron chi connectivity index (χ1n) is 9.66. The van der Waals surface area contributed by atoms with Crippen molar-refractivity contribution in [1.29, 1.82) is 0 Å². The van der Waals surface area contributed by atoms with E-state index in [4.69, 9.17) is 9.47 Å². The van der Waals surface area contributed by atoms with Gasteiger partial charge < -0.3 is 14.8 Å². The molecule has 1 heterocycles. The van der Waals surface area contributed by atoms with Crippen LogP contribution in [0, 0.1) is 0 Å². The van der Waals surface area contributed by atoms with Crippen LogP contribution in [0.25, 0.3) is 10.9 Å². The maximum Gasteiger partial charge on any atom is 0.339 e. The standard InChI is InChI=1S/C22H23N3O6/c1-30-13-7-12-24-20(27)16-9-4-6-11-18(16)25(22(24)29)14-19(26)23-17-10-5-3-8-15(17)21(28)31-2/h3-6,8-11H,7,12-14H2,1-2H3,(H,23,26). The van der Waals surface area contributed by atoms with Crippen LogP contribution in [0.3, 0.4) is 0 Å². The van der Waals surface area contributed by atoms with Crippen molar-refractivity contribution in [2.75, 3.05) is 26.1 Å². The topological polar surface area (TPSA) is 109 Å². The van der Waals surface area contributed by atoms with Crippen molar-refractivity contribution in [3.8, 4) is 0 Å². The van der Waals surface area contributed by atoms with E-state index in [1.54, 1.807) is 42.5 Å². The number of nitrogens with zero attached hydrogens (tertiary/aromatic N) is 2. The minimum Gasteiger partial charge on any atom is -0.465 e. The summed E-state index contributed by atoms with van der Waals surface area (Å²) in [6.45, 7) is 0.228. The van der Waals surface area contributed by atoms with E-state index in [2.05, 4.69) is 5.32 Å². The summed E-state index contributed by atoms with van der Waals surface area (Å²) in [6.07, 6.45) is 0.475. The second-order valence-electron chi connectivity index (χ2n) is 6.77. The summed E-state index contributed by atoms with van der Waals surface area (Å²) >= 11 is 0. The van der Waals surface area contributed by atoms with E-state index in [0.29, 0.717) is 23.9 Å². The van der Waals surface area contributed by atoms with Crippen LogP contribution in [0.2, 0.25) is 0 Å². The van der Waals surface area contributed by atoms with Gasteiger partial charge in [-0.15, -0.1) is 0 Å². The minimum atomic E-state index is -0.592. The van der Waals surface area contributed by atoms with Crippen LogP contribution in [0.5, 0.6) is 0 Å². The van der Waals surface area contributed by atoms with E-state index in [9.17, 15) is 19.2 Å². The molecule has 1 N–H and O–H groups in total. The Hall–Kier alpha value is -3.72. The average molecular weight is 425 g/mol. The third-order valence-corrected chi connectivity index (χ3v) is 4.77. The van der Waals surface area contributed by atoms with Crippen molar-refractivity contribution in [3.63, 3.8) is 0 Å². The number of amides is 1. The molecule has 0 saturated carbocycles. The number of para-hydroxylation sites is 2. The Bertz CT molecular complexity index is 1230. The Morgan fingerprint density at radius 3 is 2.42 bits per heavy atom. The van der Waals surface area contributed by atoms with Crippen molar-refractivity contribution in [1.82, 2.24) is 9.13 Å². The predicted molar refractivity (Wildman–Crippen MR) is 115 cm³/mol. The monoisotopic (exact) mass is 425 g/mol. The minimum absolute atomic E-state index is 0.170. The number of aromatic nitrogens is 2. The summed E-state index contributed by atoms with van der Waals surface area (Å²) in [5, 5.41) is 2.98. The van der Waals surface area contributed by atoms with Gasteiger partial charge in [0.05, 0.1) is 29.3 Å². The van der Waals surface area contributed by atoms with E-state index in [1.807, 2.05) is 0 Å². The normalized spacial score (nSPS) is 10.8. The van der Waals surface area contributed by atoms with E-state index in [1.165, 1.54) is 24.9 Å². The fourth-order valence-electron chi connectivity index (χ4n) is 3.30. The number of hydrogen-bond acceptors (Lipinski definition) is 6. The number of fused-ring (bicyclic) bond motifs is 1. The lowest BCUT2D eigenvalue weighted by molar-refractivity contribution is -0.116. The first kappa shape index (κ1) is 22.0. The zero-order valence-corrected chi connectivity index (χ0v) is 17.3. The molecule has 0 atom stereocenters. The van der Waals surface area contributed by atoms with Crippen molar-refractivity contribution < 1.29 is 19.1 Å². The lowest BCUT2D eigenvalue weighted by atomic mass is 10.2. The molecule has 3 rings (SSSR count). The summed E-state index contributed by atoms with van der Waals surface area (Å²) < 4.78 is 12.1. The summed E-state index contributed by atoms with van der Waals surface area (Å²) in [5.74, 6) is -1.11. The lowest BCUT2D eigenvalue weighted by Crippen LogP contribution is -2.42. The number of carbonyl (C=O) groups is 2. The number of anilines is 1. The smallest absolute Gasteiger partial charge is 0.339 e. The van der Waals surface area contributed by atoms with E-state index in [0.717, 1.165) is 4.57 Å². The molecule has 2 aromatic carbocycles. The molecule has 1 amide bonds. The fraction of sp³-hybridized carbons (Fsp3) is 0.273. The Morgan fingerprint density at radius 2 is 1.68 bits per heavy atom. The van der Waals surface area contributed by atoms with Crippen molar-refractivity contribution in [3.05, 3.63) is 74.9 Å². The third kappa shape index (κ3) is 4.72. The molecule has 31 heavy (non-hydrogen) atoms. The van der Waals surface area contributed by atoms with Gasteiger partial charge >= 0.3 is 11.7 Å². The van der Waals surface area contributed by atoms with Crippen molar-refractivity contribution in [2.24, 2.45) is 0 Å². The fourth-order valence-corrected chi connectivity index (χ4v) is 3.30. The van der Waals surface area contributed by atoms with E-state index < -0.39 is 23.1 Å². The Morgan fingerprint density at radius 1 is 0.968 bits per heavy atom. The summed E-state index contributed by atoms with van der Waals surface area (Å²) in [7, 11) is 2.79. The number of ether oxygens (including phenoxy) is 2.